The number of ether oxygens (including phenoxy) is 1. The first-order valence-corrected chi connectivity index (χ1v) is 8.24. The first-order valence-electron chi connectivity index (χ1n) is 7.48. The molecule has 0 bridgehead atoms. The van der Waals surface area contributed by atoms with E-state index in [1.807, 2.05) is 25.1 Å². The van der Waals surface area contributed by atoms with Gasteiger partial charge in [0.15, 0.2) is 0 Å². The molecule has 3 aromatic rings. The summed E-state index contributed by atoms with van der Waals surface area (Å²) in [5, 5.41) is 3.72. The highest BCUT2D eigenvalue weighted by Crippen LogP contribution is 2.31. The predicted octanol–water partition coefficient (Wildman–Crippen LogP) is 6.16. The van der Waals surface area contributed by atoms with Crippen LogP contribution < -0.4 is 10.1 Å². The molecule has 0 atom stereocenters. The SMILES string of the molecule is Cc1cccc(C(=O)Nc2ccc(Oc3ccc(Cl)cc3Cl)nc2)c1.Cl. The van der Waals surface area contributed by atoms with Gasteiger partial charge in [0.2, 0.25) is 5.88 Å². The molecule has 1 aromatic heterocycles. The van der Waals surface area contributed by atoms with Gasteiger partial charge in [-0.15, -0.1) is 12.4 Å². The summed E-state index contributed by atoms with van der Waals surface area (Å²) in [5.41, 5.74) is 2.18. The number of hydrogen-bond acceptors (Lipinski definition) is 3. The van der Waals surface area contributed by atoms with Crippen LogP contribution in [-0.4, -0.2) is 10.9 Å². The van der Waals surface area contributed by atoms with Crippen molar-refractivity contribution >= 4 is 47.2 Å². The van der Waals surface area contributed by atoms with Crippen LogP contribution in [0, 0.1) is 6.92 Å². The summed E-state index contributed by atoms with van der Waals surface area (Å²) in [6.45, 7) is 1.94. The number of halogens is 3. The minimum absolute atomic E-state index is 0. The third-order valence-electron chi connectivity index (χ3n) is 3.38. The van der Waals surface area contributed by atoms with Crippen LogP contribution in [-0.2, 0) is 0 Å². The van der Waals surface area contributed by atoms with Gasteiger partial charge in [0.05, 0.1) is 16.9 Å². The zero-order chi connectivity index (χ0) is 17.8. The summed E-state index contributed by atoms with van der Waals surface area (Å²) in [6.07, 6.45) is 1.52. The van der Waals surface area contributed by atoms with Gasteiger partial charge < -0.3 is 10.1 Å². The fourth-order valence-corrected chi connectivity index (χ4v) is 2.62. The molecule has 1 heterocycles. The Morgan fingerprint density at radius 3 is 2.54 bits per heavy atom. The van der Waals surface area contributed by atoms with Crippen molar-refractivity contribution in [2.75, 3.05) is 5.32 Å². The quantitative estimate of drug-likeness (QED) is 0.561. The van der Waals surface area contributed by atoms with Crippen LogP contribution in [0.15, 0.2) is 60.8 Å². The summed E-state index contributed by atoms with van der Waals surface area (Å²) in [5.74, 6) is 0.618. The number of amides is 1. The number of nitrogens with one attached hydrogen (secondary N) is 1. The summed E-state index contributed by atoms with van der Waals surface area (Å²) in [6, 6.07) is 15.7. The van der Waals surface area contributed by atoms with E-state index in [-0.39, 0.29) is 18.3 Å². The third kappa shape index (κ3) is 5.11. The molecule has 1 amide bonds. The fourth-order valence-electron chi connectivity index (χ4n) is 2.17. The van der Waals surface area contributed by atoms with E-state index in [9.17, 15) is 4.79 Å². The normalized spacial score (nSPS) is 9.96. The summed E-state index contributed by atoms with van der Waals surface area (Å²) >= 11 is 11.9. The van der Waals surface area contributed by atoms with Crippen molar-refractivity contribution in [3.8, 4) is 11.6 Å². The lowest BCUT2D eigenvalue weighted by atomic mass is 10.1. The Bertz CT molecular complexity index is 915. The van der Waals surface area contributed by atoms with E-state index in [0.29, 0.717) is 32.9 Å². The monoisotopic (exact) mass is 408 g/mol. The third-order valence-corrected chi connectivity index (χ3v) is 3.91. The molecule has 0 spiro atoms. The molecular weight excluding hydrogens is 395 g/mol. The molecule has 0 unspecified atom stereocenters. The number of carbonyl (C=O) groups is 1. The zero-order valence-corrected chi connectivity index (χ0v) is 16.0. The van der Waals surface area contributed by atoms with Crippen LogP contribution >= 0.6 is 35.6 Å². The number of nitrogens with zero attached hydrogens (tertiary/aromatic N) is 1. The molecule has 0 saturated carbocycles. The van der Waals surface area contributed by atoms with Gasteiger partial charge in [-0.2, -0.15) is 0 Å². The Hall–Kier alpha value is -2.27. The van der Waals surface area contributed by atoms with Crippen LogP contribution in [0.1, 0.15) is 15.9 Å². The van der Waals surface area contributed by atoms with Gasteiger partial charge in [0.1, 0.15) is 5.75 Å². The average Bonchev–Trinajstić information content (AvgIpc) is 2.59. The molecule has 0 aliphatic heterocycles. The highest BCUT2D eigenvalue weighted by Gasteiger charge is 2.08. The Kier molecular flexibility index (Phi) is 6.86. The summed E-state index contributed by atoms with van der Waals surface area (Å²) < 4.78 is 5.61. The molecule has 134 valence electrons. The minimum Gasteiger partial charge on any atom is -0.437 e. The molecule has 2 aromatic carbocycles. The van der Waals surface area contributed by atoms with E-state index in [1.165, 1.54) is 6.20 Å². The molecule has 26 heavy (non-hydrogen) atoms. The van der Waals surface area contributed by atoms with Crippen LogP contribution in [0.5, 0.6) is 11.6 Å². The van der Waals surface area contributed by atoms with Crippen LogP contribution in [0.4, 0.5) is 5.69 Å². The topological polar surface area (TPSA) is 51.2 Å². The number of benzene rings is 2. The standard InChI is InChI=1S/C19H14Cl2N2O2.ClH/c1-12-3-2-4-13(9-12)19(24)23-15-6-8-18(22-11-15)25-17-7-5-14(20)10-16(17)21;/h2-11H,1H3,(H,23,24);1H. The van der Waals surface area contributed by atoms with Gasteiger partial charge in [0, 0.05) is 16.7 Å². The van der Waals surface area contributed by atoms with Gasteiger partial charge >= 0.3 is 0 Å². The van der Waals surface area contributed by atoms with Crippen molar-refractivity contribution in [3.63, 3.8) is 0 Å². The van der Waals surface area contributed by atoms with E-state index in [1.54, 1.807) is 36.4 Å². The first kappa shape index (κ1) is 20.0. The number of hydrogen-bond donors (Lipinski definition) is 1. The van der Waals surface area contributed by atoms with Crippen molar-refractivity contribution in [1.82, 2.24) is 4.98 Å². The average molecular weight is 410 g/mol. The van der Waals surface area contributed by atoms with Crippen molar-refractivity contribution in [1.29, 1.82) is 0 Å². The molecule has 1 N–H and O–H groups in total. The molecule has 3 rings (SSSR count). The molecule has 7 heteroatoms. The maximum absolute atomic E-state index is 12.2. The number of rotatable bonds is 4. The lowest BCUT2D eigenvalue weighted by molar-refractivity contribution is 0.102. The number of carbonyl (C=O) groups excluding carboxylic acids is 1. The summed E-state index contributed by atoms with van der Waals surface area (Å²) in [4.78, 5) is 16.4. The Morgan fingerprint density at radius 2 is 1.88 bits per heavy atom. The van der Waals surface area contributed by atoms with Crippen molar-refractivity contribution in [2.24, 2.45) is 0 Å². The van der Waals surface area contributed by atoms with Gasteiger partial charge in [-0.1, -0.05) is 40.9 Å². The van der Waals surface area contributed by atoms with Gasteiger partial charge in [-0.05, 0) is 43.3 Å². The molecule has 0 aliphatic rings. The molecule has 0 fully saturated rings. The number of aromatic nitrogens is 1. The Balaban J connectivity index is 0.00000243. The molecule has 0 saturated heterocycles. The highest BCUT2D eigenvalue weighted by molar-refractivity contribution is 6.35. The van der Waals surface area contributed by atoms with E-state index >= 15 is 0 Å². The lowest BCUT2D eigenvalue weighted by Gasteiger charge is -2.09. The van der Waals surface area contributed by atoms with E-state index in [0.717, 1.165) is 5.56 Å². The number of aryl methyl sites for hydroxylation is 1. The van der Waals surface area contributed by atoms with Crippen molar-refractivity contribution in [2.45, 2.75) is 6.92 Å². The maximum atomic E-state index is 12.2. The van der Waals surface area contributed by atoms with Crippen molar-refractivity contribution in [3.05, 3.63) is 82.0 Å². The number of anilines is 1. The van der Waals surface area contributed by atoms with E-state index < -0.39 is 0 Å². The van der Waals surface area contributed by atoms with Gasteiger partial charge in [-0.25, -0.2) is 4.98 Å². The molecular formula is C19H15Cl3N2O2. The lowest BCUT2D eigenvalue weighted by Crippen LogP contribution is -2.12. The largest absolute Gasteiger partial charge is 0.437 e. The summed E-state index contributed by atoms with van der Waals surface area (Å²) in [7, 11) is 0. The second-order valence-electron chi connectivity index (χ2n) is 5.39. The van der Waals surface area contributed by atoms with Crippen molar-refractivity contribution < 1.29 is 9.53 Å². The van der Waals surface area contributed by atoms with Crippen LogP contribution in [0.2, 0.25) is 10.0 Å². The Labute approximate surface area is 167 Å². The highest BCUT2D eigenvalue weighted by atomic mass is 35.5. The van der Waals surface area contributed by atoms with Gasteiger partial charge in [0.25, 0.3) is 5.91 Å². The van der Waals surface area contributed by atoms with Gasteiger partial charge in [-0.3, -0.25) is 4.79 Å². The first-order chi connectivity index (χ1) is 12.0. The van der Waals surface area contributed by atoms with E-state index in [2.05, 4.69) is 10.3 Å². The minimum atomic E-state index is -0.195. The van der Waals surface area contributed by atoms with Crippen LogP contribution in [0.25, 0.3) is 0 Å². The zero-order valence-electron chi connectivity index (χ0n) is 13.7. The van der Waals surface area contributed by atoms with Crippen LogP contribution in [0.3, 0.4) is 0 Å². The molecule has 0 radical (unpaired) electrons. The Morgan fingerprint density at radius 1 is 1.08 bits per heavy atom. The second kappa shape index (κ2) is 8.90. The fraction of sp³-hybridized carbons (Fsp3) is 0.0526. The van der Waals surface area contributed by atoms with E-state index in [4.69, 9.17) is 27.9 Å². The predicted molar refractivity (Wildman–Crippen MR) is 107 cm³/mol. The smallest absolute Gasteiger partial charge is 0.255 e. The maximum Gasteiger partial charge on any atom is 0.255 e. The molecule has 4 nitrogen and oxygen atoms in total. The second-order valence-corrected chi connectivity index (χ2v) is 6.23. The molecule has 0 aliphatic carbocycles. The number of pyridine rings is 1.